The van der Waals surface area contributed by atoms with Gasteiger partial charge in [0, 0.05) is 4.90 Å². The van der Waals surface area contributed by atoms with E-state index < -0.39 is 23.2 Å². The van der Waals surface area contributed by atoms with Gasteiger partial charge in [0.15, 0.2) is 0 Å². The maximum Gasteiger partial charge on any atom is 0.321 e. The number of thioether (sulfide) groups is 1. The van der Waals surface area contributed by atoms with Gasteiger partial charge in [0.1, 0.15) is 17.3 Å². The van der Waals surface area contributed by atoms with E-state index in [0.29, 0.717) is 0 Å². The van der Waals surface area contributed by atoms with Crippen LogP contribution in [0, 0.1) is 5.92 Å². The molecule has 1 unspecified atom stereocenters. The molecule has 4 nitrogen and oxygen atoms in total. The van der Waals surface area contributed by atoms with Crippen LogP contribution in [-0.2, 0) is 19.1 Å². The van der Waals surface area contributed by atoms with Crippen molar-refractivity contribution >= 4 is 23.7 Å². The zero-order valence-electron chi connectivity index (χ0n) is 12.5. The summed E-state index contributed by atoms with van der Waals surface area (Å²) in [7, 11) is 1.33. The van der Waals surface area contributed by atoms with E-state index in [1.54, 1.807) is 0 Å². The van der Waals surface area contributed by atoms with Crippen molar-refractivity contribution in [1.29, 1.82) is 0 Å². The summed E-state index contributed by atoms with van der Waals surface area (Å²) in [5, 5.41) is -0.616. The number of ether oxygens (including phenoxy) is 2. The van der Waals surface area contributed by atoms with Gasteiger partial charge >= 0.3 is 11.9 Å². The van der Waals surface area contributed by atoms with Crippen LogP contribution < -0.4 is 0 Å². The molecule has 2 aromatic rings. The summed E-state index contributed by atoms with van der Waals surface area (Å²) in [5.41, 5.74) is 0.799. The molecule has 0 amide bonds. The van der Waals surface area contributed by atoms with E-state index in [2.05, 4.69) is 0 Å². The molecule has 0 spiro atoms. The number of benzene rings is 2. The molecule has 0 saturated carbocycles. The topological polar surface area (TPSA) is 52.6 Å². The Kier molecular flexibility index (Phi) is 4.67. The first-order valence-corrected chi connectivity index (χ1v) is 8.13. The van der Waals surface area contributed by atoms with Crippen LogP contribution in [0.4, 0.5) is 0 Å². The van der Waals surface area contributed by atoms with Gasteiger partial charge in [0.25, 0.3) is 0 Å². The third kappa shape index (κ3) is 3.24. The highest BCUT2D eigenvalue weighted by molar-refractivity contribution is 8.00. The predicted molar refractivity (Wildman–Crippen MR) is 86.9 cm³/mol. The van der Waals surface area contributed by atoms with E-state index in [1.807, 2.05) is 60.7 Å². The van der Waals surface area contributed by atoms with Crippen molar-refractivity contribution in [2.45, 2.75) is 16.2 Å². The lowest BCUT2D eigenvalue weighted by Gasteiger charge is -2.18. The smallest absolute Gasteiger partial charge is 0.321 e. The lowest BCUT2D eigenvalue weighted by Crippen LogP contribution is -2.29. The lowest BCUT2D eigenvalue weighted by molar-refractivity contribution is -0.147. The molecule has 118 valence electrons. The molecule has 1 heterocycles. The molecule has 0 bridgehead atoms. The Bertz CT molecular complexity index is 687. The average Bonchev–Trinajstić information content (AvgIpc) is 2.92. The minimum atomic E-state index is -0.667. The summed E-state index contributed by atoms with van der Waals surface area (Å²) < 4.78 is 10.4. The molecule has 3 atom stereocenters. The minimum Gasteiger partial charge on any atom is -0.469 e. The van der Waals surface area contributed by atoms with Crippen LogP contribution in [0.15, 0.2) is 65.6 Å². The molecule has 2 aromatic carbocycles. The van der Waals surface area contributed by atoms with Crippen LogP contribution >= 0.6 is 11.8 Å². The van der Waals surface area contributed by atoms with E-state index in [1.165, 1.54) is 18.9 Å². The van der Waals surface area contributed by atoms with Crippen LogP contribution in [-0.4, -0.2) is 24.3 Å². The molecule has 1 aliphatic heterocycles. The number of carbonyl (C=O) groups is 2. The van der Waals surface area contributed by atoms with E-state index in [-0.39, 0.29) is 5.97 Å². The first-order valence-electron chi connectivity index (χ1n) is 7.25. The van der Waals surface area contributed by atoms with Gasteiger partial charge in [-0.1, -0.05) is 48.5 Å². The fraction of sp³-hybridized carbons (Fsp3) is 0.222. The molecule has 0 radical (unpaired) electrons. The van der Waals surface area contributed by atoms with Gasteiger partial charge in [-0.2, -0.15) is 0 Å². The summed E-state index contributed by atoms with van der Waals surface area (Å²) in [6, 6.07) is 18.8. The molecular weight excluding hydrogens is 312 g/mol. The van der Waals surface area contributed by atoms with Crippen molar-refractivity contribution in [3.63, 3.8) is 0 Å². The molecule has 23 heavy (non-hydrogen) atoms. The monoisotopic (exact) mass is 328 g/mol. The van der Waals surface area contributed by atoms with Crippen molar-refractivity contribution in [3.05, 3.63) is 66.2 Å². The minimum absolute atomic E-state index is 0.386. The van der Waals surface area contributed by atoms with Gasteiger partial charge in [-0.05, 0) is 17.7 Å². The number of hydrogen-bond donors (Lipinski definition) is 0. The van der Waals surface area contributed by atoms with Crippen LogP contribution in [0.5, 0.6) is 0 Å². The number of hydrogen-bond acceptors (Lipinski definition) is 5. The quantitative estimate of drug-likeness (QED) is 0.807. The molecule has 1 fully saturated rings. The van der Waals surface area contributed by atoms with Crippen molar-refractivity contribution in [2.24, 2.45) is 5.92 Å². The van der Waals surface area contributed by atoms with E-state index in [4.69, 9.17) is 9.47 Å². The number of esters is 2. The van der Waals surface area contributed by atoms with Gasteiger partial charge in [-0.25, -0.2) is 0 Å². The highest BCUT2D eigenvalue weighted by Gasteiger charge is 2.50. The number of carbonyl (C=O) groups excluding carboxylic acids is 2. The van der Waals surface area contributed by atoms with Crippen molar-refractivity contribution in [1.82, 2.24) is 0 Å². The van der Waals surface area contributed by atoms with Crippen molar-refractivity contribution < 1.29 is 19.1 Å². The standard InChI is InChI=1S/C18H16O4S/c1-21-17(19)14-15(12-8-4-2-5-9-12)22-18(20)16(14)23-13-10-6-3-7-11-13/h2-11,14-16H,1H3/t14-,15+,16?/m1/s1. The summed E-state index contributed by atoms with van der Waals surface area (Å²) in [5.74, 6) is -1.48. The van der Waals surface area contributed by atoms with Gasteiger partial charge in [0.05, 0.1) is 7.11 Å². The fourth-order valence-corrected chi connectivity index (χ4v) is 3.80. The van der Waals surface area contributed by atoms with Gasteiger partial charge < -0.3 is 9.47 Å². The van der Waals surface area contributed by atoms with Crippen LogP contribution in [0.25, 0.3) is 0 Å². The average molecular weight is 328 g/mol. The Balaban J connectivity index is 1.91. The van der Waals surface area contributed by atoms with Gasteiger partial charge in [-0.3, -0.25) is 9.59 Å². The molecule has 1 saturated heterocycles. The molecule has 1 aliphatic rings. The highest BCUT2D eigenvalue weighted by atomic mass is 32.2. The first-order chi connectivity index (χ1) is 11.2. The normalized spacial score (nSPS) is 23.3. The molecule has 0 aromatic heterocycles. The largest absolute Gasteiger partial charge is 0.469 e. The number of rotatable bonds is 4. The molecule has 3 rings (SSSR count). The summed E-state index contributed by atoms with van der Waals surface area (Å²) in [6.45, 7) is 0. The fourth-order valence-electron chi connectivity index (χ4n) is 2.64. The third-order valence-corrected chi connectivity index (χ3v) is 5.02. The maximum absolute atomic E-state index is 12.3. The SMILES string of the molecule is COC(=O)[C@H]1C(Sc2ccccc2)C(=O)O[C@H]1c1ccccc1. The molecule has 5 heteroatoms. The zero-order valence-corrected chi connectivity index (χ0v) is 13.4. The first kappa shape index (κ1) is 15.6. The third-order valence-electron chi connectivity index (χ3n) is 3.74. The van der Waals surface area contributed by atoms with E-state index in [9.17, 15) is 9.59 Å². The van der Waals surface area contributed by atoms with Crippen LogP contribution in [0.1, 0.15) is 11.7 Å². The lowest BCUT2D eigenvalue weighted by atomic mass is 9.95. The second-order valence-electron chi connectivity index (χ2n) is 5.17. The zero-order chi connectivity index (χ0) is 16.2. The molecular formula is C18H16O4S. The Morgan fingerprint density at radius 2 is 1.65 bits per heavy atom. The van der Waals surface area contributed by atoms with Crippen molar-refractivity contribution in [2.75, 3.05) is 7.11 Å². The number of methoxy groups -OCH3 is 1. The molecule has 0 aliphatic carbocycles. The van der Waals surface area contributed by atoms with E-state index >= 15 is 0 Å². The Morgan fingerprint density at radius 1 is 1.04 bits per heavy atom. The van der Waals surface area contributed by atoms with E-state index in [0.717, 1.165) is 10.5 Å². The Labute approximate surface area is 138 Å². The van der Waals surface area contributed by atoms with Crippen LogP contribution in [0.3, 0.4) is 0 Å². The summed E-state index contributed by atoms with van der Waals surface area (Å²) in [4.78, 5) is 25.5. The maximum atomic E-state index is 12.3. The molecule has 0 N–H and O–H groups in total. The summed E-state index contributed by atoms with van der Waals surface area (Å²) in [6.07, 6.45) is -0.614. The van der Waals surface area contributed by atoms with Gasteiger partial charge in [-0.15, -0.1) is 11.8 Å². The van der Waals surface area contributed by atoms with Gasteiger partial charge in [0.2, 0.25) is 0 Å². The second kappa shape index (κ2) is 6.87. The van der Waals surface area contributed by atoms with Crippen LogP contribution in [0.2, 0.25) is 0 Å². The predicted octanol–water partition coefficient (Wildman–Crippen LogP) is 3.23. The Morgan fingerprint density at radius 3 is 2.26 bits per heavy atom. The Hall–Kier alpha value is -2.27. The highest BCUT2D eigenvalue weighted by Crippen LogP contribution is 2.43. The number of cyclic esters (lactones) is 1. The summed E-state index contributed by atoms with van der Waals surface area (Å²) >= 11 is 1.33. The van der Waals surface area contributed by atoms with Crippen molar-refractivity contribution in [3.8, 4) is 0 Å². The second-order valence-corrected chi connectivity index (χ2v) is 6.38.